The Morgan fingerprint density at radius 2 is 1.92 bits per heavy atom. The van der Waals surface area contributed by atoms with Gasteiger partial charge in [-0.25, -0.2) is 4.79 Å². The highest BCUT2D eigenvalue weighted by Crippen LogP contribution is 2.32. The summed E-state index contributed by atoms with van der Waals surface area (Å²) in [5.41, 5.74) is -0.229. The normalized spacial score (nSPS) is 12.4. The summed E-state index contributed by atoms with van der Waals surface area (Å²) in [4.78, 5) is 10.3. The van der Waals surface area contributed by atoms with Gasteiger partial charge in [0.1, 0.15) is 0 Å². The quantitative estimate of drug-likeness (QED) is 0.493. The molecule has 13 heavy (non-hydrogen) atoms. The van der Waals surface area contributed by atoms with E-state index in [2.05, 4.69) is 0 Å². The van der Waals surface area contributed by atoms with Crippen molar-refractivity contribution < 1.29 is 25.2 Å². The minimum absolute atomic E-state index is 0.229. The van der Waals surface area contributed by atoms with Crippen molar-refractivity contribution in [1.29, 1.82) is 0 Å². The van der Waals surface area contributed by atoms with Crippen LogP contribution in [-0.2, 0) is 4.79 Å². The lowest BCUT2D eigenvalue weighted by atomic mass is 10.1. The summed E-state index contributed by atoms with van der Waals surface area (Å²) in [5.74, 6) is -2.56. The zero-order valence-corrected chi connectivity index (χ0v) is 6.51. The zero-order chi connectivity index (χ0) is 10.0. The van der Waals surface area contributed by atoms with Crippen LogP contribution in [0.5, 0.6) is 11.5 Å². The molecule has 70 valence electrons. The molecular weight excluding hydrogens is 176 g/mol. The summed E-state index contributed by atoms with van der Waals surface area (Å²) in [5, 5.41) is 35.6. The molecular formula is C8H8O5. The Labute approximate surface area is 73.5 Å². The van der Waals surface area contributed by atoms with E-state index in [9.17, 15) is 4.79 Å². The average molecular weight is 184 g/mol. The van der Waals surface area contributed by atoms with Gasteiger partial charge in [0.25, 0.3) is 0 Å². The van der Waals surface area contributed by atoms with E-state index in [4.69, 9.17) is 20.4 Å². The van der Waals surface area contributed by atoms with Gasteiger partial charge in [0, 0.05) is 5.56 Å². The highest BCUT2D eigenvalue weighted by Gasteiger charge is 2.20. The molecule has 1 aromatic rings. The minimum Gasteiger partial charge on any atom is -0.504 e. The molecule has 0 aliphatic heterocycles. The third-order valence-electron chi connectivity index (χ3n) is 1.57. The van der Waals surface area contributed by atoms with E-state index in [0.717, 1.165) is 0 Å². The third kappa shape index (κ3) is 1.70. The van der Waals surface area contributed by atoms with E-state index in [1.54, 1.807) is 0 Å². The number of hydrogen-bond acceptors (Lipinski definition) is 4. The largest absolute Gasteiger partial charge is 0.504 e. The maximum absolute atomic E-state index is 10.3. The smallest absolute Gasteiger partial charge is 0.337 e. The lowest BCUT2D eigenvalue weighted by Gasteiger charge is -2.08. The number of para-hydroxylation sites is 1. The number of carboxylic acids is 1. The van der Waals surface area contributed by atoms with E-state index >= 15 is 0 Å². The maximum Gasteiger partial charge on any atom is 0.337 e. The van der Waals surface area contributed by atoms with Crippen LogP contribution in [0, 0.1) is 0 Å². The van der Waals surface area contributed by atoms with E-state index in [-0.39, 0.29) is 5.56 Å². The van der Waals surface area contributed by atoms with Crippen LogP contribution in [0.1, 0.15) is 11.7 Å². The second-order valence-corrected chi connectivity index (χ2v) is 2.46. The summed E-state index contributed by atoms with van der Waals surface area (Å²) in [6, 6.07) is 3.73. The molecule has 0 saturated heterocycles. The number of benzene rings is 1. The number of aromatic hydroxyl groups is 2. The second-order valence-electron chi connectivity index (χ2n) is 2.46. The van der Waals surface area contributed by atoms with Gasteiger partial charge in [0.2, 0.25) is 0 Å². The molecule has 0 spiro atoms. The van der Waals surface area contributed by atoms with Gasteiger partial charge < -0.3 is 20.4 Å². The number of carbonyl (C=O) groups is 1. The molecule has 0 aliphatic rings. The molecule has 5 heteroatoms. The third-order valence-corrected chi connectivity index (χ3v) is 1.57. The van der Waals surface area contributed by atoms with Crippen molar-refractivity contribution in [1.82, 2.24) is 0 Å². The summed E-state index contributed by atoms with van der Waals surface area (Å²) < 4.78 is 0. The SMILES string of the molecule is O=C(O)[C@H](O)c1cccc(O)c1O. The molecule has 1 rings (SSSR count). The van der Waals surface area contributed by atoms with E-state index in [1.165, 1.54) is 18.2 Å². The zero-order valence-electron chi connectivity index (χ0n) is 6.51. The van der Waals surface area contributed by atoms with Crippen molar-refractivity contribution in [3.05, 3.63) is 23.8 Å². The number of carboxylic acid groups (broad SMARTS) is 1. The Balaban J connectivity index is 3.15. The molecule has 0 heterocycles. The molecule has 0 amide bonds. The number of aliphatic carboxylic acids is 1. The van der Waals surface area contributed by atoms with Crippen LogP contribution in [-0.4, -0.2) is 26.4 Å². The molecule has 4 N–H and O–H groups in total. The number of aliphatic hydroxyl groups excluding tert-OH is 1. The first-order valence-electron chi connectivity index (χ1n) is 3.45. The molecule has 1 aromatic carbocycles. The Bertz CT molecular complexity index is 333. The first-order valence-corrected chi connectivity index (χ1v) is 3.45. The van der Waals surface area contributed by atoms with Crippen LogP contribution >= 0.6 is 0 Å². The fraction of sp³-hybridized carbons (Fsp3) is 0.125. The Morgan fingerprint density at radius 1 is 1.31 bits per heavy atom. The van der Waals surface area contributed by atoms with Crippen LogP contribution in [0.4, 0.5) is 0 Å². The minimum atomic E-state index is -1.83. The lowest BCUT2D eigenvalue weighted by Crippen LogP contribution is -2.10. The summed E-state index contributed by atoms with van der Waals surface area (Å²) in [6.07, 6.45) is -1.83. The Kier molecular flexibility index (Phi) is 2.39. The Morgan fingerprint density at radius 3 is 2.46 bits per heavy atom. The fourth-order valence-corrected chi connectivity index (χ4v) is 0.902. The van der Waals surface area contributed by atoms with Gasteiger partial charge in [0.05, 0.1) is 0 Å². The predicted molar refractivity (Wildman–Crippen MR) is 42.4 cm³/mol. The van der Waals surface area contributed by atoms with E-state index in [0.29, 0.717) is 0 Å². The topological polar surface area (TPSA) is 98.0 Å². The molecule has 0 unspecified atom stereocenters. The van der Waals surface area contributed by atoms with Crippen LogP contribution in [0.25, 0.3) is 0 Å². The molecule has 5 nitrogen and oxygen atoms in total. The average Bonchev–Trinajstić information content (AvgIpc) is 2.08. The highest BCUT2D eigenvalue weighted by atomic mass is 16.4. The van der Waals surface area contributed by atoms with E-state index < -0.39 is 23.6 Å². The van der Waals surface area contributed by atoms with Gasteiger partial charge in [0.15, 0.2) is 17.6 Å². The number of phenolic OH excluding ortho intramolecular Hbond substituents is 2. The monoisotopic (exact) mass is 184 g/mol. The van der Waals surface area contributed by atoms with Crippen molar-refractivity contribution in [2.75, 3.05) is 0 Å². The molecule has 0 saturated carbocycles. The predicted octanol–water partition coefficient (Wildman–Crippen LogP) is 0.216. The number of aliphatic hydroxyl groups is 1. The summed E-state index contributed by atoms with van der Waals surface area (Å²) in [6.45, 7) is 0. The van der Waals surface area contributed by atoms with Gasteiger partial charge in [-0.3, -0.25) is 0 Å². The molecule has 1 atom stereocenters. The molecule has 0 aliphatic carbocycles. The van der Waals surface area contributed by atoms with Crippen molar-refractivity contribution in [2.24, 2.45) is 0 Å². The van der Waals surface area contributed by atoms with Gasteiger partial charge in [-0.15, -0.1) is 0 Å². The first kappa shape index (κ1) is 9.34. The van der Waals surface area contributed by atoms with Gasteiger partial charge >= 0.3 is 5.97 Å². The van der Waals surface area contributed by atoms with Crippen molar-refractivity contribution in [3.8, 4) is 11.5 Å². The number of hydrogen-bond donors (Lipinski definition) is 4. The Hall–Kier alpha value is -1.75. The molecule has 0 radical (unpaired) electrons. The highest BCUT2D eigenvalue weighted by molar-refractivity contribution is 5.75. The van der Waals surface area contributed by atoms with Crippen LogP contribution in [0.3, 0.4) is 0 Å². The first-order chi connectivity index (χ1) is 6.04. The summed E-state index contributed by atoms with van der Waals surface area (Å²) in [7, 11) is 0. The maximum atomic E-state index is 10.3. The van der Waals surface area contributed by atoms with Crippen molar-refractivity contribution in [2.45, 2.75) is 6.10 Å². The summed E-state index contributed by atoms with van der Waals surface area (Å²) >= 11 is 0. The fourth-order valence-electron chi connectivity index (χ4n) is 0.902. The lowest BCUT2D eigenvalue weighted by molar-refractivity contribution is -0.147. The van der Waals surface area contributed by atoms with Crippen molar-refractivity contribution in [3.63, 3.8) is 0 Å². The van der Waals surface area contributed by atoms with Crippen LogP contribution in [0.2, 0.25) is 0 Å². The molecule has 0 fully saturated rings. The van der Waals surface area contributed by atoms with E-state index in [1.807, 2.05) is 0 Å². The number of phenols is 2. The van der Waals surface area contributed by atoms with Gasteiger partial charge in [-0.05, 0) is 6.07 Å². The number of rotatable bonds is 2. The van der Waals surface area contributed by atoms with Crippen LogP contribution in [0.15, 0.2) is 18.2 Å². The molecule has 0 aromatic heterocycles. The van der Waals surface area contributed by atoms with Crippen molar-refractivity contribution >= 4 is 5.97 Å². The second kappa shape index (κ2) is 3.32. The van der Waals surface area contributed by atoms with Gasteiger partial charge in [-0.2, -0.15) is 0 Å². The van der Waals surface area contributed by atoms with Crippen LogP contribution < -0.4 is 0 Å². The molecule has 0 bridgehead atoms. The van der Waals surface area contributed by atoms with Gasteiger partial charge in [-0.1, -0.05) is 12.1 Å². The standard InChI is InChI=1S/C8H8O5/c9-5-3-1-2-4(6(5)10)7(11)8(12)13/h1-3,7,9-11H,(H,12,13)/t7-/m1/s1.